The molecule has 2 aliphatic heterocycles. The van der Waals surface area contributed by atoms with Crippen LogP contribution in [0, 0.1) is 5.92 Å². The summed E-state index contributed by atoms with van der Waals surface area (Å²) in [5.41, 5.74) is 0.605. The third-order valence-corrected chi connectivity index (χ3v) is 5.93. The number of ether oxygens (including phenoxy) is 4. The number of thioether (sulfide) groups is 1. The summed E-state index contributed by atoms with van der Waals surface area (Å²) in [7, 11) is 0. The van der Waals surface area contributed by atoms with E-state index in [1.807, 2.05) is 20.8 Å². The van der Waals surface area contributed by atoms with Crippen LogP contribution in [0.15, 0.2) is 23.1 Å². The Balaban J connectivity index is 1.66. The lowest BCUT2D eigenvalue weighted by atomic mass is 10.2. The maximum Gasteiger partial charge on any atom is 0.326 e. The average molecular weight is 507 g/mol. The van der Waals surface area contributed by atoms with Crippen LogP contribution in [-0.4, -0.2) is 85.5 Å². The summed E-state index contributed by atoms with van der Waals surface area (Å²) in [5, 5.41) is -0.533. The van der Waals surface area contributed by atoms with E-state index in [9.17, 15) is 19.2 Å². The van der Waals surface area contributed by atoms with Crippen LogP contribution in [-0.2, 0) is 23.9 Å². The van der Waals surface area contributed by atoms with Crippen molar-refractivity contribution in [3.05, 3.63) is 28.7 Å². The van der Waals surface area contributed by atoms with E-state index in [0.29, 0.717) is 50.0 Å². The van der Waals surface area contributed by atoms with Crippen molar-refractivity contribution in [3.8, 4) is 11.5 Å². The number of amides is 3. The molecule has 1 aromatic rings. The lowest BCUT2D eigenvalue weighted by molar-refractivity contribution is -0.147. The largest absolute Gasteiger partial charge is 0.490 e. The van der Waals surface area contributed by atoms with Gasteiger partial charge < -0.3 is 23.8 Å². The molecule has 10 nitrogen and oxygen atoms in total. The van der Waals surface area contributed by atoms with Crippen molar-refractivity contribution in [1.29, 1.82) is 0 Å². The molecule has 1 aromatic carbocycles. The first-order chi connectivity index (χ1) is 16.8. The summed E-state index contributed by atoms with van der Waals surface area (Å²) in [4.78, 5) is 52.1. The molecule has 2 heterocycles. The molecule has 0 saturated carbocycles. The molecule has 2 fully saturated rings. The summed E-state index contributed by atoms with van der Waals surface area (Å²) >= 11 is 0.755. The minimum Gasteiger partial charge on any atom is -0.490 e. The number of carbonyl (C=O) groups is 4. The molecule has 0 N–H and O–H groups in total. The molecule has 2 saturated heterocycles. The van der Waals surface area contributed by atoms with E-state index < -0.39 is 23.7 Å². The SMILES string of the molecule is CCOc1cc(/C=C2\SC(=O)N(CC(=O)OCC(C)C)C2=O)ccc1OCC(=O)N1CCOCC1. The number of morpholine rings is 1. The first kappa shape index (κ1) is 26.6. The van der Waals surface area contributed by atoms with Gasteiger partial charge in [0.15, 0.2) is 18.1 Å². The van der Waals surface area contributed by atoms with E-state index >= 15 is 0 Å². The Kier molecular flexibility index (Phi) is 9.55. The second-order valence-corrected chi connectivity index (χ2v) is 9.26. The van der Waals surface area contributed by atoms with Crippen LogP contribution in [0.2, 0.25) is 0 Å². The normalized spacial score (nSPS) is 17.3. The van der Waals surface area contributed by atoms with Gasteiger partial charge in [-0.3, -0.25) is 24.1 Å². The molecule has 2 aliphatic rings. The monoisotopic (exact) mass is 506 g/mol. The lowest BCUT2D eigenvalue weighted by Gasteiger charge is -2.26. The molecule has 11 heteroatoms. The number of benzene rings is 1. The zero-order chi connectivity index (χ0) is 25.4. The minimum atomic E-state index is -0.631. The first-order valence-electron chi connectivity index (χ1n) is 11.4. The van der Waals surface area contributed by atoms with Crippen LogP contribution in [0.3, 0.4) is 0 Å². The van der Waals surface area contributed by atoms with Gasteiger partial charge in [0.2, 0.25) is 0 Å². The smallest absolute Gasteiger partial charge is 0.326 e. The molecule has 0 aromatic heterocycles. The third-order valence-electron chi connectivity index (χ3n) is 5.02. The minimum absolute atomic E-state index is 0.134. The van der Waals surface area contributed by atoms with E-state index in [4.69, 9.17) is 18.9 Å². The molecule has 0 spiro atoms. The average Bonchev–Trinajstić information content (AvgIpc) is 3.10. The third kappa shape index (κ3) is 7.46. The van der Waals surface area contributed by atoms with Crippen LogP contribution < -0.4 is 9.47 Å². The number of hydrogen-bond donors (Lipinski definition) is 0. The molecule has 3 rings (SSSR count). The van der Waals surface area contributed by atoms with Crippen molar-refractivity contribution in [2.75, 3.05) is 52.7 Å². The Hall–Kier alpha value is -3.05. The standard InChI is InChI=1S/C24H30N2O8S/c1-4-32-19-11-17(5-6-18(19)33-15-21(27)25-7-9-31-10-8-25)12-20-23(29)26(24(30)35-20)13-22(28)34-14-16(2)3/h5-6,11-12,16H,4,7-10,13-15H2,1-3H3/b20-12-. The Morgan fingerprint density at radius 1 is 1.14 bits per heavy atom. The fourth-order valence-electron chi connectivity index (χ4n) is 3.27. The highest BCUT2D eigenvalue weighted by Crippen LogP contribution is 2.34. The van der Waals surface area contributed by atoms with Gasteiger partial charge in [-0.05, 0) is 48.4 Å². The van der Waals surface area contributed by atoms with Gasteiger partial charge in [0.1, 0.15) is 6.54 Å². The Morgan fingerprint density at radius 3 is 2.57 bits per heavy atom. The number of imide groups is 1. The Morgan fingerprint density at radius 2 is 1.89 bits per heavy atom. The van der Waals surface area contributed by atoms with Gasteiger partial charge in [0.05, 0.1) is 31.3 Å². The van der Waals surface area contributed by atoms with E-state index in [1.165, 1.54) is 0 Å². The summed E-state index contributed by atoms with van der Waals surface area (Å²) in [6, 6.07) is 5.02. The summed E-state index contributed by atoms with van der Waals surface area (Å²) in [5.74, 6) is -0.373. The molecule has 0 radical (unpaired) electrons. The molecular formula is C24H30N2O8S. The van der Waals surface area contributed by atoms with E-state index in [-0.39, 0.29) is 29.9 Å². The van der Waals surface area contributed by atoms with Gasteiger partial charge in [0.25, 0.3) is 17.1 Å². The number of nitrogens with zero attached hydrogens (tertiary/aromatic N) is 2. The fourth-order valence-corrected chi connectivity index (χ4v) is 4.11. The zero-order valence-corrected chi connectivity index (χ0v) is 20.9. The van der Waals surface area contributed by atoms with Crippen LogP contribution in [0.5, 0.6) is 11.5 Å². The van der Waals surface area contributed by atoms with Crippen molar-refractivity contribution < 1.29 is 38.1 Å². The first-order valence-corrected chi connectivity index (χ1v) is 12.3. The highest BCUT2D eigenvalue weighted by atomic mass is 32.2. The van der Waals surface area contributed by atoms with E-state index in [2.05, 4.69) is 0 Å². The maximum absolute atomic E-state index is 12.7. The number of esters is 1. The fraction of sp³-hybridized carbons (Fsp3) is 0.500. The predicted molar refractivity (Wildman–Crippen MR) is 129 cm³/mol. The van der Waals surface area contributed by atoms with Gasteiger partial charge in [-0.2, -0.15) is 0 Å². The van der Waals surface area contributed by atoms with Gasteiger partial charge in [-0.1, -0.05) is 19.9 Å². The van der Waals surface area contributed by atoms with Gasteiger partial charge in [0, 0.05) is 13.1 Å². The molecule has 0 bridgehead atoms. The summed E-state index contributed by atoms with van der Waals surface area (Å²) in [6.45, 7) is 7.71. The molecule has 3 amide bonds. The van der Waals surface area contributed by atoms with Crippen LogP contribution in [0.1, 0.15) is 26.3 Å². The summed E-state index contributed by atoms with van der Waals surface area (Å²) in [6.07, 6.45) is 1.55. The summed E-state index contributed by atoms with van der Waals surface area (Å²) < 4.78 is 21.7. The van der Waals surface area contributed by atoms with E-state index in [1.54, 1.807) is 29.2 Å². The van der Waals surface area contributed by atoms with Crippen LogP contribution in [0.25, 0.3) is 6.08 Å². The highest BCUT2D eigenvalue weighted by molar-refractivity contribution is 8.18. The predicted octanol–water partition coefficient (Wildman–Crippen LogP) is 2.56. The van der Waals surface area contributed by atoms with Gasteiger partial charge in [-0.15, -0.1) is 0 Å². The van der Waals surface area contributed by atoms with Crippen LogP contribution >= 0.6 is 11.8 Å². The second-order valence-electron chi connectivity index (χ2n) is 8.27. The zero-order valence-electron chi connectivity index (χ0n) is 20.1. The van der Waals surface area contributed by atoms with Crippen molar-refractivity contribution in [3.63, 3.8) is 0 Å². The quantitative estimate of drug-likeness (QED) is 0.349. The number of hydrogen-bond acceptors (Lipinski definition) is 9. The Bertz CT molecular complexity index is 988. The highest BCUT2D eigenvalue weighted by Gasteiger charge is 2.36. The molecular weight excluding hydrogens is 476 g/mol. The molecule has 0 aliphatic carbocycles. The second kappa shape index (κ2) is 12.6. The molecule has 190 valence electrons. The topological polar surface area (TPSA) is 112 Å². The Labute approximate surface area is 208 Å². The lowest BCUT2D eigenvalue weighted by Crippen LogP contribution is -2.43. The molecule has 35 heavy (non-hydrogen) atoms. The number of rotatable bonds is 10. The maximum atomic E-state index is 12.7. The molecule has 0 atom stereocenters. The van der Waals surface area contributed by atoms with Crippen molar-refractivity contribution in [1.82, 2.24) is 9.80 Å². The molecule has 0 unspecified atom stereocenters. The van der Waals surface area contributed by atoms with Crippen molar-refractivity contribution in [2.45, 2.75) is 20.8 Å². The van der Waals surface area contributed by atoms with Crippen molar-refractivity contribution in [2.24, 2.45) is 5.92 Å². The van der Waals surface area contributed by atoms with E-state index in [0.717, 1.165) is 16.7 Å². The van der Waals surface area contributed by atoms with Gasteiger partial charge in [-0.25, -0.2) is 0 Å². The van der Waals surface area contributed by atoms with Gasteiger partial charge >= 0.3 is 5.97 Å². The number of carbonyl (C=O) groups excluding carboxylic acids is 4. The van der Waals surface area contributed by atoms with Crippen LogP contribution in [0.4, 0.5) is 4.79 Å². The van der Waals surface area contributed by atoms with Crippen molar-refractivity contribution >= 4 is 40.9 Å².